The van der Waals surface area contributed by atoms with Crippen LogP contribution in [0.4, 0.5) is 13.9 Å². The van der Waals surface area contributed by atoms with Crippen molar-refractivity contribution in [2.45, 2.75) is 52.4 Å². The number of amides is 1. The third-order valence-electron chi connectivity index (χ3n) is 5.68. The molecule has 0 aliphatic carbocycles. The molecule has 0 bridgehead atoms. The number of carboxylic acids is 1. The number of ether oxygens (including phenoxy) is 1. The summed E-state index contributed by atoms with van der Waals surface area (Å²) in [5.74, 6) is -3.42. The van der Waals surface area contributed by atoms with Crippen LogP contribution in [0.1, 0.15) is 68.3 Å². The normalized spacial score (nSPS) is 11.4. The highest BCUT2D eigenvalue weighted by Crippen LogP contribution is 2.32. The van der Waals surface area contributed by atoms with E-state index in [9.17, 15) is 18.4 Å². The topological polar surface area (TPSA) is 88.5 Å². The summed E-state index contributed by atoms with van der Waals surface area (Å²) in [4.78, 5) is 28.0. The SMILES string of the molecule is CCCCCCCCOc1ccccc1-c1csc(NC(=O)c2cc(F)c(C=C(C)C(=O)O)c(F)c2)n1. The van der Waals surface area contributed by atoms with Gasteiger partial charge in [0.1, 0.15) is 17.4 Å². The fourth-order valence-corrected chi connectivity index (χ4v) is 4.33. The number of carbonyl (C=O) groups is 2. The molecule has 0 radical (unpaired) electrons. The number of carboxylic acid groups (broad SMARTS) is 1. The zero-order valence-corrected chi connectivity index (χ0v) is 21.7. The summed E-state index contributed by atoms with van der Waals surface area (Å²) in [6.07, 6.45) is 7.88. The van der Waals surface area contributed by atoms with Crippen molar-refractivity contribution in [2.24, 2.45) is 0 Å². The maximum Gasteiger partial charge on any atom is 0.331 e. The molecule has 196 valence electrons. The molecule has 3 aromatic rings. The number of hydrogen-bond donors (Lipinski definition) is 2. The summed E-state index contributed by atoms with van der Waals surface area (Å²) in [7, 11) is 0. The van der Waals surface area contributed by atoms with E-state index in [1.54, 1.807) is 5.38 Å². The molecular weight excluding hydrogens is 498 g/mol. The Morgan fingerprint density at radius 1 is 1.08 bits per heavy atom. The van der Waals surface area contributed by atoms with Gasteiger partial charge in [0.2, 0.25) is 0 Å². The van der Waals surface area contributed by atoms with Crippen LogP contribution in [0.25, 0.3) is 17.3 Å². The number of anilines is 1. The molecule has 0 unspecified atom stereocenters. The Kier molecular flexibility index (Phi) is 10.3. The Labute approximate surface area is 219 Å². The second-order valence-corrected chi connectivity index (χ2v) is 9.45. The number of benzene rings is 2. The number of hydrogen-bond acceptors (Lipinski definition) is 5. The Morgan fingerprint density at radius 2 is 1.76 bits per heavy atom. The van der Waals surface area contributed by atoms with Crippen molar-refractivity contribution in [1.82, 2.24) is 4.98 Å². The molecule has 0 aliphatic rings. The minimum Gasteiger partial charge on any atom is -0.493 e. The van der Waals surface area contributed by atoms with Crippen molar-refractivity contribution in [3.63, 3.8) is 0 Å². The van der Waals surface area contributed by atoms with Gasteiger partial charge in [-0.3, -0.25) is 10.1 Å². The van der Waals surface area contributed by atoms with Crippen LogP contribution in [-0.4, -0.2) is 28.6 Å². The lowest BCUT2D eigenvalue weighted by Crippen LogP contribution is -2.13. The molecule has 2 aromatic carbocycles. The molecule has 1 aromatic heterocycles. The Balaban J connectivity index is 1.66. The van der Waals surface area contributed by atoms with Crippen LogP contribution in [0.15, 0.2) is 47.4 Å². The van der Waals surface area contributed by atoms with Gasteiger partial charge in [0.15, 0.2) is 5.13 Å². The average Bonchev–Trinajstić information content (AvgIpc) is 3.33. The zero-order chi connectivity index (χ0) is 26.8. The first-order valence-corrected chi connectivity index (χ1v) is 13.1. The molecule has 37 heavy (non-hydrogen) atoms. The van der Waals surface area contributed by atoms with E-state index in [0.29, 0.717) is 18.1 Å². The number of para-hydroxylation sites is 1. The smallest absolute Gasteiger partial charge is 0.331 e. The molecule has 0 aliphatic heterocycles. The van der Waals surface area contributed by atoms with Gasteiger partial charge in [0, 0.05) is 27.6 Å². The van der Waals surface area contributed by atoms with E-state index in [2.05, 4.69) is 17.2 Å². The first-order valence-electron chi connectivity index (χ1n) is 12.2. The van der Waals surface area contributed by atoms with Gasteiger partial charge in [-0.25, -0.2) is 18.6 Å². The van der Waals surface area contributed by atoms with Crippen LogP contribution in [-0.2, 0) is 4.79 Å². The summed E-state index contributed by atoms with van der Waals surface area (Å²) in [6.45, 7) is 4.02. The van der Waals surface area contributed by atoms with E-state index in [4.69, 9.17) is 9.84 Å². The zero-order valence-electron chi connectivity index (χ0n) is 20.9. The van der Waals surface area contributed by atoms with Gasteiger partial charge in [-0.2, -0.15) is 0 Å². The third-order valence-corrected chi connectivity index (χ3v) is 6.44. The summed E-state index contributed by atoms with van der Waals surface area (Å²) in [6, 6.07) is 9.23. The van der Waals surface area contributed by atoms with Crippen LogP contribution in [0, 0.1) is 11.6 Å². The lowest BCUT2D eigenvalue weighted by atomic mass is 10.1. The van der Waals surface area contributed by atoms with Crippen molar-refractivity contribution < 1.29 is 28.2 Å². The highest BCUT2D eigenvalue weighted by atomic mass is 32.1. The molecule has 0 atom stereocenters. The van der Waals surface area contributed by atoms with Gasteiger partial charge in [-0.15, -0.1) is 11.3 Å². The number of rotatable bonds is 13. The largest absolute Gasteiger partial charge is 0.493 e. The van der Waals surface area contributed by atoms with Crippen molar-refractivity contribution in [3.8, 4) is 17.0 Å². The van der Waals surface area contributed by atoms with E-state index in [1.807, 2.05) is 24.3 Å². The number of carbonyl (C=O) groups excluding carboxylic acids is 1. The lowest BCUT2D eigenvalue weighted by Gasteiger charge is -2.10. The fraction of sp³-hybridized carbons (Fsp3) is 0.321. The number of nitrogens with one attached hydrogen (secondary N) is 1. The minimum absolute atomic E-state index is 0.235. The van der Waals surface area contributed by atoms with E-state index < -0.39 is 29.1 Å². The lowest BCUT2D eigenvalue weighted by molar-refractivity contribution is -0.132. The molecule has 2 N–H and O–H groups in total. The first kappa shape index (κ1) is 28.0. The number of aromatic nitrogens is 1. The standard InChI is InChI=1S/C28H30F2N2O4S/c1-3-4-5-6-7-10-13-36-25-12-9-8-11-20(25)24-17-37-28(31-24)32-26(33)19-15-22(29)21(23(30)16-19)14-18(2)27(34)35/h8-9,11-12,14-17H,3-7,10,13H2,1-2H3,(H,34,35)(H,31,32,33). The van der Waals surface area contributed by atoms with Gasteiger partial charge in [0.25, 0.3) is 5.91 Å². The summed E-state index contributed by atoms with van der Waals surface area (Å²) in [5.41, 5.74) is 0.389. The summed E-state index contributed by atoms with van der Waals surface area (Å²) in [5, 5.41) is 13.5. The molecular formula is C28H30F2N2O4S. The molecule has 9 heteroatoms. The summed E-state index contributed by atoms with van der Waals surface area (Å²) < 4.78 is 34.8. The maximum absolute atomic E-state index is 14.4. The number of unbranched alkanes of at least 4 members (excludes halogenated alkanes) is 5. The Morgan fingerprint density at radius 3 is 2.46 bits per heavy atom. The molecule has 0 spiro atoms. The quantitative estimate of drug-likeness (QED) is 0.176. The molecule has 0 fully saturated rings. The predicted molar refractivity (Wildman–Crippen MR) is 142 cm³/mol. The van der Waals surface area contributed by atoms with E-state index in [-0.39, 0.29) is 16.3 Å². The van der Waals surface area contributed by atoms with Gasteiger partial charge in [-0.05, 0) is 43.7 Å². The van der Waals surface area contributed by atoms with Crippen LogP contribution in [0.3, 0.4) is 0 Å². The minimum atomic E-state index is -1.30. The fourth-order valence-electron chi connectivity index (χ4n) is 3.62. The molecule has 1 amide bonds. The van der Waals surface area contributed by atoms with Crippen molar-refractivity contribution in [2.75, 3.05) is 11.9 Å². The van der Waals surface area contributed by atoms with Crippen molar-refractivity contribution >= 4 is 34.4 Å². The van der Waals surface area contributed by atoms with Crippen molar-refractivity contribution in [1.29, 1.82) is 0 Å². The van der Waals surface area contributed by atoms with Gasteiger partial charge >= 0.3 is 5.97 Å². The third kappa shape index (κ3) is 7.95. The first-order chi connectivity index (χ1) is 17.8. The van der Waals surface area contributed by atoms with Gasteiger partial charge < -0.3 is 9.84 Å². The van der Waals surface area contributed by atoms with Crippen molar-refractivity contribution in [3.05, 3.63) is 70.1 Å². The average molecular weight is 529 g/mol. The Hall–Kier alpha value is -3.59. The van der Waals surface area contributed by atoms with Crippen LogP contribution in [0.2, 0.25) is 0 Å². The second-order valence-electron chi connectivity index (χ2n) is 8.59. The molecule has 6 nitrogen and oxygen atoms in total. The molecule has 1 heterocycles. The molecule has 0 saturated carbocycles. The monoisotopic (exact) mass is 528 g/mol. The maximum atomic E-state index is 14.4. The van der Waals surface area contributed by atoms with E-state index >= 15 is 0 Å². The molecule has 0 saturated heterocycles. The molecule has 3 rings (SSSR count). The van der Waals surface area contributed by atoms with Crippen LogP contribution in [0.5, 0.6) is 5.75 Å². The highest BCUT2D eigenvalue weighted by molar-refractivity contribution is 7.14. The number of halogens is 2. The number of aliphatic carboxylic acids is 1. The van der Waals surface area contributed by atoms with Crippen LogP contribution < -0.4 is 10.1 Å². The van der Waals surface area contributed by atoms with Gasteiger partial charge in [0.05, 0.1) is 12.3 Å². The number of nitrogens with zero attached hydrogens (tertiary/aromatic N) is 1. The summed E-state index contributed by atoms with van der Waals surface area (Å²) >= 11 is 1.18. The Bertz CT molecular complexity index is 1250. The highest BCUT2D eigenvalue weighted by Gasteiger charge is 2.17. The second kappa shape index (κ2) is 13.6. The number of thiazole rings is 1. The van der Waals surface area contributed by atoms with E-state index in [1.165, 1.54) is 43.9 Å². The van der Waals surface area contributed by atoms with Gasteiger partial charge in [-0.1, -0.05) is 51.2 Å². The van der Waals surface area contributed by atoms with E-state index in [0.717, 1.165) is 36.6 Å². The predicted octanol–water partition coefficient (Wildman–Crippen LogP) is 7.57. The van der Waals surface area contributed by atoms with Crippen LogP contribution >= 0.6 is 11.3 Å².